The zero-order valence-corrected chi connectivity index (χ0v) is 35.9. The normalized spacial score (nSPS) is 18.8. The number of ether oxygens (including phenoxy) is 3. The van der Waals surface area contributed by atoms with E-state index in [0.717, 1.165) is 92.8 Å². The van der Waals surface area contributed by atoms with Crippen molar-refractivity contribution >= 4 is 46.1 Å². The quantitative estimate of drug-likeness (QED) is 0.127. The van der Waals surface area contributed by atoms with Gasteiger partial charge in [0, 0.05) is 47.9 Å². The maximum absolute atomic E-state index is 14.0. The van der Waals surface area contributed by atoms with E-state index in [4.69, 9.17) is 24.2 Å². The Morgan fingerprint density at radius 1 is 0.810 bits per heavy atom. The summed E-state index contributed by atoms with van der Waals surface area (Å²) in [5, 5.41) is 7.50. The van der Waals surface area contributed by atoms with Crippen LogP contribution < -0.4 is 15.4 Å². The van der Waals surface area contributed by atoms with Crippen molar-refractivity contribution in [3.8, 4) is 28.1 Å². The molecule has 4 amide bonds. The summed E-state index contributed by atoms with van der Waals surface area (Å²) in [5.74, 6) is 1.13. The SMILES string of the molecule is COC(=O)N[C@H](C(=O)N1CCC[C@H]1c1ncc(-c2ccc3c4c(ccc3c2)-c2ccc(C3=CN=C([C@@H]5CCCN5C(=O)[C@H](NC(=O)OC)c5ccccc5)C3)cc2CO4)[nH]1)C(C)C. The van der Waals surface area contributed by atoms with Crippen molar-refractivity contribution in [3.05, 3.63) is 114 Å². The van der Waals surface area contributed by atoms with Gasteiger partial charge in [-0.1, -0.05) is 74.5 Å². The summed E-state index contributed by atoms with van der Waals surface area (Å²) in [6.45, 7) is 5.40. The molecule has 4 aliphatic heterocycles. The van der Waals surface area contributed by atoms with Gasteiger partial charge in [-0.15, -0.1) is 0 Å². The summed E-state index contributed by atoms with van der Waals surface area (Å²) in [5.41, 5.74) is 8.85. The third-order valence-electron chi connectivity index (χ3n) is 12.8. The largest absolute Gasteiger partial charge is 0.488 e. The molecule has 14 heteroatoms. The fraction of sp³-hybridized carbons (Fsp3) is 0.347. The highest BCUT2D eigenvalue weighted by atomic mass is 16.5. The first-order valence-electron chi connectivity index (χ1n) is 21.6. The molecule has 3 N–H and O–H groups in total. The number of nitrogens with one attached hydrogen (secondary N) is 3. The van der Waals surface area contributed by atoms with Gasteiger partial charge < -0.3 is 39.6 Å². The number of aromatic amines is 1. The number of amides is 4. The van der Waals surface area contributed by atoms with E-state index in [-0.39, 0.29) is 29.8 Å². The number of allylic oxidation sites excluding steroid dienone is 1. The number of alkyl carbamates (subject to hydrolysis) is 2. The van der Waals surface area contributed by atoms with Gasteiger partial charge in [0.15, 0.2) is 0 Å². The Morgan fingerprint density at radius 2 is 1.52 bits per heavy atom. The first kappa shape index (κ1) is 41.4. The summed E-state index contributed by atoms with van der Waals surface area (Å²) in [4.78, 5) is 68.7. The van der Waals surface area contributed by atoms with Crippen molar-refractivity contribution in [3.63, 3.8) is 0 Å². The summed E-state index contributed by atoms with van der Waals surface area (Å²) < 4.78 is 16.2. The Labute approximate surface area is 365 Å². The number of nitrogens with zero attached hydrogens (tertiary/aromatic N) is 4. The second kappa shape index (κ2) is 17.4. The molecule has 0 radical (unpaired) electrons. The molecule has 0 unspecified atom stereocenters. The van der Waals surface area contributed by atoms with E-state index < -0.39 is 24.3 Å². The zero-order chi connectivity index (χ0) is 43.8. The van der Waals surface area contributed by atoms with Crippen molar-refractivity contribution in [1.29, 1.82) is 0 Å². The van der Waals surface area contributed by atoms with Gasteiger partial charge in [-0.25, -0.2) is 14.6 Å². The Morgan fingerprint density at radius 3 is 2.29 bits per heavy atom. The molecular weight excluding hydrogens is 799 g/mol. The van der Waals surface area contributed by atoms with Gasteiger partial charge in [-0.3, -0.25) is 14.6 Å². The number of carbonyl (C=O) groups excluding carboxylic acids is 4. The minimum absolute atomic E-state index is 0.114. The first-order chi connectivity index (χ1) is 30.6. The van der Waals surface area contributed by atoms with Gasteiger partial charge >= 0.3 is 12.2 Å². The summed E-state index contributed by atoms with van der Waals surface area (Å²) in [6, 6.07) is 24.3. The predicted octanol–water partition coefficient (Wildman–Crippen LogP) is 8.11. The number of aliphatic imine (C=N–C) groups is 1. The molecule has 5 aromatic rings. The summed E-state index contributed by atoms with van der Waals surface area (Å²) in [6.07, 6.45) is 6.34. The highest BCUT2D eigenvalue weighted by Crippen LogP contribution is 2.44. The van der Waals surface area contributed by atoms with Gasteiger partial charge in [0.25, 0.3) is 0 Å². The average Bonchev–Trinajstić information content (AvgIpc) is 4.16. The Hall–Kier alpha value is -6.96. The smallest absolute Gasteiger partial charge is 0.407 e. The number of likely N-dealkylation sites (tertiary alicyclic amines) is 2. The van der Waals surface area contributed by atoms with Crippen LogP contribution in [-0.4, -0.2) is 88.9 Å². The molecule has 5 heterocycles. The second-order valence-electron chi connectivity index (χ2n) is 16.9. The number of hydrogen-bond acceptors (Lipinski definition) is 9. The molecule has 4 atom stereocenters. The lowest BCUT2D eigenvalue weighted by molar-refractivity contribution is -0.135. The van der Waals surface area contributed by atoms with Gasteiger partial charge in [0.2, 0.25) is 11.8 Å². The van der Waals surface area contributed by atoms with E-state index in [2.05, 4.69) is 64.1 Å². The van der Waals surface area contributed by atoms with E-state index in [0.29, 0.717) is 31.7 Å². The van der Waals surface area contributed by atoms with Crippen LogP contribution in [0.2, 0.25) is 0 Å². The monoisotopic (exact) mass is 849 g/mol. The van der Waals surface area contributed by atoms with Crippen LogP contribution in [0.25, 0.3) is 38.7 Å². The molecule has 2 saturated heterocycles. The maximum atomic E-state index is 14.0. The van der Waals surface area contributed by atoms with Gasteiger partial charge in [0.05, 0.1) is 38.2 Å². The molecule has 1 aromatic heterocycles. The number of rotatable bonds is 10. The van der Waals surface area contributed by atoms with Crippen LogP contribution in [0, 0.1) is 5.92 Å². The highest BCUT2D eigenvalue weighted by Gasteiger charge is 2.39. The molecule has 14 nitrogen and oxygen atoms in total. The predicted molar refractivity (Wildman–Crippen MR) is 239 cm³/mol. The molecule has 9 rings (SSSR count). The average molecular weight is 850 g/mol. The van der Waals surface area contributed by atoms with Crippen LogP contribution in [0.1, 0.15) is 80.6 Å². The number of hydrogen-bond donors (Lipinski definition) is 3. The molecule has 63 heavy (non-hydrogen) atoms. The van der Waals surface area contributed by atoms with E-state index in [1.807, 2.05) is 66.4 Å². The van der Waals surface area contributed by atoms with Gasteiger partial charge in [-0.05, 0) is 83.0 Å². The minimum Gasteiger partial charge on any atom is -0.488 e. The second-order valence-corrected chi connectivity index (χ2v) is 16.9. The van der Waals surface area contributed by atoms with E-state index in [1.54, 1.807) is 0 Å². The Kier molecular flexibility index (Phi) is 11.5. The topological polar surface area (TPSA) is 168 Å². The molecule has 4 aromatic carbocycles. The maximum Gasteiger partial charge on any atom is 0.407 e. The number of imidazole rings is 1. The number of carbonyl (C=O) groups is 4. The molecule has 0 aliphatic carbocycles. The Balaban J connectivity index is 0.886. The van der Waals surface area contributed by atoms with Crippen molar-refractivity contribution < 1.29 is 33.4 Å². The standard InChI is InChI=1S/C49H51N7O7/c1-28(2)42(53-48(59)61-3)46(57)56-21-9-13-41(56)45-51-26-39(52-45)32-16-18-36-31(23-32)15-19-37-35-17-14-30(22-34(35)27-63-44(36)37)33-24-38(50-25-33)40-12-8-20-55(40)47(58)43(54-49(60)62-4)29-10-6-5-7-11-29/h5-7,10-11,14-19,22-23,25-26,28,40-43H,8-9,12-13,20-21,24,27H2,1-4H3,(H,51,52)(H,53,59)(H,54,60)/t40-,41-,42-,43+/m0/s1. The van der Waals surface area contributed by atoms with Gasteiger partial charge in [-0.2, -0.15) is 0 Å². The number of benzene rings is 4. The molecule has 0 bridgehead atoms. The van der Waals surface area contributed by atoms with Crippen molar-refractivity contribution in [2.45, 2.75) is 76.7 Å². The van der Waals surface area contributed by atoms with Crippen LogP contribution in [0.5, 0.6) is 5.75 Å². The first-order valence-corrected chi connectivity index (χ1v) is 21.6. The van der Waals surface area contributed by atoms with Crippen LogP contribution in [0.3, 0.4) is 0 Å². The molecule has 324 valence electrons. The summed E-state index contributed by atoms with van der Waals surface area (Å²) >= 11 is 0. The number of aromatic nitrogens is 2. The zero-order valence-electron chi connectivity index (χ0n) is 35.9. The van der Waals surface area contributed by atoms with Crippen molar-refractivity contribution in [1.82, 2.24) is 30.4 Å². The number of H-pyrrole nitrogens is 1. The van der Waals surface area contributed by atoms with E-state index in [1.165, 1.54) is 14.2 Å². The minimum atomic E-state index is -0.863. The lowest BCUT2D eigenvalue weighted by Gasteiger charge is -2.30. The third kappa shape index (κ3) is 8.01. The van der Waals surface area contributed by atoms with Crippen LogP contribution >= 0.6 is 0 Å². The van der Waals surface area contributed by atoms with E-state index in [9.17, 15) is 19.2 Å². The molecular formula is C49H51N7O7. The fourth-order valence-electron chi connectivity index (χ4n) is 9.49. The fourth-order valence-corrected chi connectivity index (χ4v) is 9.49. The Bertz CT molecular complexity index is 2650. The third-order valence-corrected chi connectivity index (χ3v) is 12.8. The lowest BCUT2D eigenvalue weighted by atomic mass is 9.90. The molecule has 2 fully saturated rings. The van der Waals surface area contributed by atoms with Crippen molar-refractivity contribution in [2.75, 3.05) is 27.3 Å². The van der Waals surface area contributed by atoms with E-state index >= 15 is 0 Å². The lowest BCUT2D eigenvalue weighted by Crippen LogP contribution is -2.51. The molecule has 0 saturated carbocycles. The highest BCUT2D eigenvalue weighted by molar-refractivity contribution is 6.04. The molecule has 0 spiro atoms. The van der Waals surface area contributed by atoms with Crippen LogP contribution in [-0.2, 0) is 25.7 Å². The molecule has 4 aliphatic rings. The van der Waals surface area contributed by atoms with Gasteiger partial charge in [0.1, 0.15) is 30.3 Å². The number of methoxy groups -OCH3 is 2. The van der Waals surface area contributed by atoms with Crippen LogP contribution in [0.4, 0.5) is 9.59 Å². The summed E-state index contributed by atoms with van der Waals surface area (Å²) in [7, 11) is 2.58. The van der Waals surface area contributed by atoms with Crippen LogP contribution in [0.15, 0.2) is 96.3 Å². The number of fused-ring (bicyclic) bond motifs is 5. The van der Waals surface area contributed by atoms with Crippen molar-refractivity contribution in [2.24, 2.45) is 10.9 Å².